The first-order chi connectivity index (χ1) is 10.3. The van der Waals surface area contributed by atoms with Crippen molar-refractivity contribution in [1.29, 1.82) is 0 Å². The highest BCUT2D eigenvalue weighted by Crippen LogP contribution is 2.28. The summed E-state index contributed by atoms with van der Waals surface area (Å²) in [5, 5.41) is 2.92. The molecular formula is C16H28N4O2. The lowest BCUT2D eigenvalue weighted by Gasteiger charge is -2.36. The summed E-state index contributed by atoms with van der Waals surface area (Å²) in [6.07, 6.45) is 6.82. The van der Waals surface area contributed by atoms with E-state index in [9.17, 15) is 4.79 Å². The number of H-pyrrole nitrogens is 1. The molecule has 1 aromatic rings. The second-order valence-electron chi connectivity index (χ2n) is 7.03. The fourth-order valence-corrected chi connectivity index (χ4v) is 2.89. The van der Waals surface area contributed by atoms with Gasteiger partial charge in [0.05, 0.1) is 6.04 Å². The number of nitrogens with one attached hydrogen (secondary N) is 2. The van der Waals surface area contributed by atoms with E-state index in [-0.39, 0.29) is 12.1 Å². The van der Waals surface area contributed by atoms with Crippen molar-refractivity contribution in [3.05, 3.63) is 18.2 Å². The predicted octanol–water partition coefficient (Wildman–Crippen LogP) is 2.85. The maximum absolute atomic E-state index is 11.9. The van der Waals surface area contributed by atoms with E-state index in [2.05, 4.69) is 20.2 Å². The fourth-order valence-electron chi connectivity index (χ4n) is 2.89. The number of aromatic amines is 1. The molecule has 22 heavy (non-hydrogen) atoms. The number of nitrogens with zero attached hydrogens (tertiary/aromatic N) is 2. The Bertz CT molecular complexity index is 467. The molecule has 2 N–H and O–H groups in total. The smallest absolute Gasteiger partial charge is 0.407 e. The molecule has 1 fully saturated rings. The van der Waals surface area contributed by atoms with E-state index in [1.807, 2.05) is 33.9 Å². The minimum atomic E-state index is -0.467. The molecular weight excluding hydrogens is 280 g/mol. The van der Waals surface area contributed by atoms with Gasteiger partial charge < -0.3 is 15.0 Å². The average Bonchev–Trinajstić information content (AvgIpc) is 2.90. The first-order valence-electron chi connectivity index (χ1n) is 8.08. The molecule has 1 unspecified atom stereocenters. The number of piperidine rings is 1. The van der Waals surface area contributed by atoms with Crippen molar-refractivity contribution in [2.75, 3.05) is 13.1 Å². The molecule has 2 heterocycles. The van der Waals surface area contributed by atoms with Crippen molar-refractivity contribution in [1.82, 2.24) is 20.2 Å². The first-order valence-corrected chi connectivity index (χ1v) is 8.08. The van der Waals surface area contributed by atoms with Gasteiger partial charge in [-0.25, -0.2) is 9.78 Å². The van der Waals surface area contributed by atoms with Gasteiger partial charge in [0.15, 0.2) is 0 Å². The molecule has 1 amide bonds. The highest BCUT2D eigenvalue weighted by molar-refractivity contribution is 5.68. The summed E-state index contributed by atoms with van der Waals surface area (Å²) in [6, 6.07) is 0.344. The first kappa shape index (κ1) is 16.8. The molecule has 0 bridgehead atoms. The van der Waals surface area contributed by atoms with Crippen LogP contribution in [0.25, 0.3) is 0 Å². The Labute approximate surface area is 132 Å². The number of amides is 1. The summed E-state index contributed by atoms with van der Waals surface area (Å²) < 4.78 is 5.31. The monoisotopic (exact) mass is 308 g/mol. The minimum absolute atomic E-state index is 0.0328. The van der Waals surface area contributed by atoms with Crippen molar-refractivity contribution in [3.63, 3.8) is 0 Å². The van der Waals surface area contributed by atoms with Gasteiger partial charge in [0.25, 0.3) is 0 Å². The van der Waals surface area contributed by atoms with E-state index >= 15 is 0 Å². The third kappa shape index (κ3) is 5.02. The Balaban J connectivity index is 1.89. The van der Waals surface area contributed by atoms with Gasteiger partial charge in [-0.15, -0.1) is 0 Å². The number of ether oxygens (including phenoxy) is 1. The zero-order valence-electron chi connectivity index (χ0n) is 14.1. The number of imidazole rings is 1. The Morgan fingerprint density at radius 2 is 2.32 bits per heavy atom. The molecule has 2 rings (SSSR count). The van der Waals surface area contributed by atoms with Gasteiger partial charge >= 0.3 is 6.09 Å². The van der Waals surface area contributed by atoms with Gasteiger partial charge in [0, 0.05) is 25.0 Å². The van der Waals surface area contributed by atoms with Crippen molar-refractivity contribution < 1.29 is 9.53 Å². The highest BCUT2D eigenvalue weighted by Gasteiger charge is 2.27. The molecule has 1 aliphatic rings. The zero-order valence-corrected chi connectivity index (χ0v) is 14.1. The molecule has 124 valence electrons. The number of likely N-dealkylation sites (tertiary alicyclic amines) is 1. The molecule has 2 atom stereocenters. The van der Waals surface area contributed by atoms with Gasteiger partial charge in [-0.2, -0.15) is 0 Å². The van der Waals surface area contributed by atoms with Crippen molar-refractivity contribution in [2.24, 2.45) is 0 Å². The molecule has 6 nitrogen and oxygen atoms in total. The summed E-state index contributed by atoms with van der Waals surface area (Å²) in [5.74, 6) is 1.02. The van der Waals surface area contributed by atoms with Crippen LogP contribution in [-0.2, 0) is 4.74 Å². The van der Waals surface area contributed by atoms with Gasteiger partial charge in [-0.05, 0) is 47.1 Å². The Morgan fingerprint density at radius 1 is 1.55 bits per heavy atom. The van der Waals surface area contributed by atoms with Crippen molar-refractivity contribution in [2.45, 2.75) is 64.6 Å². The summed E-state index contributed by atoms with van der Waals surface area (Å²) in [7, 11) is 0. The third-order valence-electron chi connectivity index (χ3n) is 3.72. The standard InChI is InChI=1S/C16H28N4O2/c1-12(19-15(21)22-16(2,3)4)11-20-10-6-5-7-13(20)14-17-8-9-18-14/h8-9,12-13H,5-7,10-11H2,1-4H3,(H,17,18)(H,19,21)/t12-,13?/m1/s1. The zero-order chi connectivity index (χ0) is 16.2. The molecule has 0 radical (unpaired) electrons. The molecule has 1 aliphatic heterocycles. The maximum atomic E-state index is 11.9. The molecule has 0 aliphatic carbocycles. The summed E-state index contributed by atoms with van der Waals surface area (Å²) >= 11 is 0. The quantitative estimate of drug-likeness (QED) is 0.897. The van der Waals surface area contributed by atoms with Crippen LogP contribution in [0.15, 0.2) is 12.4 Å². The Kier molecular flexibility index (Phi) is 5.45. The Morgan fingerprint density at radius 3 is 2.95 bits per heavy atom. The summed E-state index contributed by atoms with van der Waals surface area (Å²) in [5.41, 5.74) is -0.467. The lowest BCUT2D eigenvalue weighted by Crippen LogP contribution is -2.46. The van der Waals surface area contributed by atoms with Crippen molar-refractivity contribution in [3.8, 4) is 0 Å². The number of hydrogen-bond donors (Lipinski definition) is 2. The largest absolute Gasteiger partial charge is 0.444 e. The molecule has 0 saturated carbocycles. The van der Waals surface area contributed by atoms with Crippen LogP contribution in [-0.4, -0.2) is 45.7 Å². The normalized spacial score (nSPS) is 21.4. The van der Waals surface area contributed by atoms with E-state index < -0.39 is 5.60 Å². The number of aromatic nitrogens is 2. The minimum Gasteiger partial charge on any atom is -0.444 e. The number of hydrogen-bond acceptors (Lipinski definition) is 4. The highest BCUT2D eigenvalue weighted by atomic mass is 16.6. The third-order valence-corrected chi connectivity index (χ3v) is 3.72. The maximum Gasteiger partial charge on any atom is 0.407 e. The van der Waals surface area contributed by atoms with Crippen LogP contribution < -0.4 is 5.32 Å². The molecule has 1 saturated heterocycles. The van der Waals surface area contributed by atoms with E-state index in [1.165, 1.54) is 12.8 Å². The van der Waals surface area contributed by atoms with Gasteiger partial charge in [0.1, 0.15) is 11.4 Å². The van der Waals surface area contributed by atoms with Crippen LogP contribution in [0.1, 0.15) is 58.8 Å². The molecule has 0 spiro atoms. The lowest BCUT2D eigenvalue weighted by atomic mass is 10.0. The summed E-state index contributed by atoms with van der Waals surface area (Å²) in [4.78, 5) is 21.9. The molecule has 6 heteroatoms. The van der Waals surface area contributed by atoms with Gasteiger partial charge in [-0.3, -0.25) is 4.90 Å². The van der Waals surface area contributed by atoms with E-state index in [0.717, 1.165) is 25.3 Å². The van der Waals surface area contributed by atoms with Crippen LogP contribution in [0, 0.1) is 0 Å². The number of carbonyl (C=O) groups is 1. The molecule has 0 aromatic carbocycles. The number of carbonyl (C=O) groups excluding carboxylic acids is 1. The van der Waals surface area contributed by atoms with E-state index in [4.69, 9.17) is 4.74 Å². The number of alkyl carbamates (subject to hydrolysis) is 1. The SMILES string of the molecule is C[C@H](CN1CCCCC1c1ncc[nH]1)NC(=O)OC(C)(C)C. The van der Waals surface area contributed by atoms with Crippen molar-refractivity contribution >= 4 is 6.09 Å². The average molecular weight is 308 g/mol. The Hall–Kier alpha value is -1.56. The predicted molar refractivity (Wildman–Crippen MR) is 85.6 cm³/mol. The second-order valence-corrected chi connectivity index (χ2v) is 7.03. The topological polar surface area (TPSA) is 70.2 Å². The van der Waals surface area contributed by atoms with Gasteiger partial charge in [0.2, 0.25) is 0 Å². The van der Waals surface area contributed by atoms with E-state index in [1.54, 1.807) is 6.20 Å². The van der Waals surface area contributed by atoms with Crippen LogP contribution in [0.5, 0.6) is 0 Å². The van der Waals surface area contributed by atoms with Crippen LogP contribution in [0.2, 0.25) is 0 Å². The van der Waals surface area contributed by atoms with Gasteiger partial charge in [-0.1, -0.05) is 6.42 Å². The van der Waals surface area contributed by atoms with Crippen LogP contribution in [0.4, 0.5) is 4.79 Å². The van der Waals surface area contributed by atoms with E-state index in [0.29, 0.717) is 6.04 Å². The van der Waals surface area contributed by atoms with Crippen LogP contribution >= 0.6 is 0 Å². The fraction of sp³-hybridized carbons (Fsp3) is 0.750. The summed E-state index contributed by atoms with van der Waals surface area (Å²) in [6.45, 7) is 9.45. The molecule has 1 aromatic heterocycles. The lowest BCUT2D eigenvalue weighted by molar-refractivity contribution is 0.0480. The number of rotatable bonds is 4. The van der Waals surface area contributed by atoms with Crippen LogP contribution in [0.3, 0.4) is 0 Å². The second kappa shape index (κ2) is 7.13.